The predicted octanol–water partition coefficient (Wildman–Crippen LogP) is 1.90. The van der Waals surface area contributed by atoms with Crippen LogP contribution in [0.3, 0.4) is 0 Å². The largest absolute Gasteiger partial charge is 0.379 e. The molecule has 0 amide bonds. The summed E-state index contributed by atoms with van der Waals surface area (Å²) >= 11 is 0. The van der Waals surface area contributed by atoms with Crippen molar-refractivity contribution < 1.29 is 47.7 Å². The Hall–Kier alpha value is -0.400. The van der Waals surface area contributed by atoms with Gasteiger partial charge in [0, 0.05) is 46.1 Å². The number of aliphatic hydroxyl groups is 1. The minimum absolute atomic E-state index is 0.216. The highest BCUT2D eigenvalue weighted by Gasteiger charge is 2.51. The number of hydrogen-bond acceptors (Lipinski definition) is 10. The van der Waals surface area contributed by atoms with E-state index in [0.717, 1.165) is 0 Å². The number of ether oxygens (including phenoxy) is 9. The topological polar surface area (TPSA) is 103 Å². The fourth-order valence-corrected chi connectivity index (χ4v) is 4.45. The maximum atomic E-state index is 10.6. The Morgan fingerprint density at radius 3 is 1.85 bits per heavy atom. The molecule has 9 unspecified atom stereocenters. The maximum absolute atomic E-state index is 10.6. The summed E-state index contributed by atoms with van der Waals surface area (Å²) in [4.78, 5) is 0. The van der Waals surface area contributed by atoms with Crippen LogP contribution in [0.2, 0.25) is 0 Å². The summed E-state index contributed by atoms with van der Waals surface area (Å²) < 4.78 is 54.0. The van der Waals surface area contributed by atoms with Crippen molar-refractivity contribution in [1.29, 1.82) is 0 Å². The van der Waals surface area contributed by atoms with Crippen molar-refractivity contribution in [3.63, 3.8) is 0 Å². The van der Waals surface area contributed by atoms with E-state index in [0.29, 0.717) is 52.7 Å². The first-order chi connectivity index (χ1) is 16.5. The molecule has 0 aliphatic carbocycles. The second-order valence-electron chi connectivity index (χ2n) is 8.10. The van der Waals surface area contributed by atoms with E-state index in [4.69, 9.17) is 42.6 Å². The van der Waals surface area contributed by atoms with Gasteiger partial charge < -0.3 is 47.7 Å². The SMILES string of the molecule is CCOCC1CC(OCC)C(OCC)C(OC2C(COCC)OC(O)C(OCC)C2OCC)O1. The molecule has 0 aromatic carbocycles. The summed E-state index contributed by atoms with van der Waals surface area (Å²) in [6.07, 6.45) is -4.71. The highest BCUT2D eigenvalue weighted by atomic mass is 16.7. The monoisotopic (exact) mass is 494 g/mol. The van der Waals surface area contributed by atoms with Crippen LogP contribution in [0.1, 0.15) is 48.0 Å². The molecule has 0 aromatic rings. The molecule has 0 bridgehead atoms. The molecule has 2 aliphatic heterocycles. The van der Waals surface area contributed by atoms with Crippen molar-refractivity contribution in [3.05, 3.63) is 0 Å². The van der Waals surface area contributed by atoms with Crippen LogP contribution < -0.4 is 0 Å². The van der Waals surface area contributed by atoms with Crippen LogP contribution in [0.25, 0.3) is 0 Å². The quantitative estimate of drug-likeness (QED) is 0.342. The third kappa shape index (κ3) is 8.33. The molecule has 2 heterocycles. The minimum atomic E-state index is -1.17. The van der Waals surface area contributed by atoms with Gasteiger partial charge in [-0.05, 0) is 41.5 Å². The van der Waals surface area contributed by atoms with Crippen LogP contribution in [-0.4, -0.2) is 113 Å². The van der Waals surface area contributed by atoms with Crippen LogP contribution in [0.5, 0.6) is 0 Å². The first-order valence-corrected chi connectivity index (χ1v) is 12.8. The Morgan fingerprint density at radius 2 is 1.24 bits per heavy atom. The second-order valence-corrected chi connectivity index (χ2v) is 8.10. The van der Waals surface area contributed by atoms with Crippen molar-refractivity contribution in [1.82, 2.24) is 0 Å². The molecule has 0 aromatic heterocycles. The molecule has 2 rings (SSSR count). The summed E-state index contributed by atoms with van der Waals surface area (Å²) in [5, 5.41) is 10.6. The Balaban J connectivity index is 2.33. The first kappa shape index (κ1) is 29.8. The normalized spacial score (nSPS) is 36.6. The zero-order valence-electron chi connectivity index (χ0n) is 21.7. The molecule has 34 heavy (non-hydrogen) atoms. The van der Waals surface area contributed by atoms with Gasteiger partial charge in [0.2, 0.25) is 0 Å². The standard InChI is InChI=1S/C24H46O10/c1-7-26-14-16-13-17(28-9-3)20(29-10-4)24(32-16)34-19-18(15-27-8-2)33-23(25)22(31-12-6)21(19)30-11-5/h16-25H,7-15H2,1-6H3. The molecule has 9 atom stereocenters. The number of hydrogen-bond donors (Lipinski definition) is 1. The molecule has 10 heteroatoms. The van der Waals surface area contributed by atoms with Gasteiger partial charge >= 0.3 is 0 Å². The zero-order chi connectivity index (χ0) is 24.9. The van der Waals surface area contributed by atoms with Gasteiger partial charge in [-0.15, -0.1) is 0 Å². The third-order valence-corrected chi connectivity index (χ3v) is 5.81. The van der Waals surface area contributed by atoms with Gasteiger partial charge in [-0.2, -0.15) is 0 Å². The predicted molar refractivity (Wildman–Crippen MR) is 124 cm³/mol. The van der Waals surface area contributed by atoms with Gasteiger partial charge in [-0.1, -0.05) is 0 Å². The van der Waals surface area contributed by atoms with Crippen molar-refractivity contribution in [2.75, 3.05) is 52.9 Å². The molecule has 2 saturated heterocycles. The molecule has 2 aliphatic rings. The molecule has 202 valence electrons. The van der Waals surface area contributed by atoms with Crippen molar-refractivity contribution in [2.24, 2.45) is 0 Å². The lowest BCUT2D eigenvalue weighted by Gasteiger charge is -2.47. The first-order valence-electron chi connectivity index (χ1n) is 12.8. The molecule has 10 nitrogen and oxygen atoms in total. The van der Waals surface area contributed by atoms with E-state index in [9.17, 15) is 5.11 Å². The fourth-order valence-electron chi connectivity index (χ4n) is 4.45. The number of aliphatic hydroxyl groups excluding tert-OH is 1. The summed E-state index contributed by atoms with van der Waals surface area (Å²) in [6, 6.07) is 0. The molecular formula is C24H46O10. The summed E-state index contributed by atoms with van der Waals surface area (Å²) in [6.45, 7) is 15.1. The second kappa shape index (κ2) is 16.4. The summed E-state index contributed by atoms with van der Waals surface area (Å²) in [5.41, 5.74) is 0. The van der Waals surface area contributed by atoms with E-state index in [1.54, 1.807) is 0 Å². The van der Waals surface area contributed by atoms with E-state index in [1.165, 1.54) is 0 Å². The lowest BCUT2D eigenvalue weighted by atomic mass is 9.97. The molecule has 0 saturated carbocycles. The molecular weight excluding hydrogens is 448 g/mol. The smallest absolute Gasteiger partial charge is 0.187 e. The van der Waals surface area contributed by atoms with Crippen molar-refractivity contribution >= 4 is 0 Å². The molecule has 2 fully saturated rings. The average molecular weight is 495 g/mol. The fraction of sp³-hybridized carbons (Fsp3) is 1.00. The lowest BCUT2D eigenvalue weighted by Crippen LogP contribution is -2.64. The van der Waals surface area contributed by atoms with Gasteiger partial charge in [0.1, 0.15) is 30.5 Å². The van der Waals surface area contributed by atoms with Crippen LogP contribution >= 0.6 is 0 Å². The van der Waals surface area contributed by atoms with E-state index in [-0.39, 0.29) is 18.8 Å². The highest BCUT2D eigenvalue weighted by molar-refractivity contribution is 4.94. The zero-order valence-corrected chi connectivity index (χ0v) is 21.7. The molecule has 0 radical (unpaired) electrons. The van der Waals surface area contributed by atoms with E-state index in [2.05, 4.69) is 0 Å². The lowest BCUT2D eigenvalue weighted by molar-refractivity contribution is -0.357. The Labute approximate surface area is 204 Å². The Kier molecular flexibility index (Phi) is 14.4. The van der Waals surface area contributed by atoms with Crippen molar-refractivity contribution in [3.8, 4) is 0 Å². The van der Waals surface area contributed by atoms with Gasteiger partial charge in [0.15, 0.2) is 12.6 Å². The van der Waals surface area contributed by atoms with E-state index < -0.39 is 43.1 Å². The average Bonchev–Trinajstić information content (AvgIpc) is 2.82. The summed E-state index contributed by atoms with van der Waals surface area (Å²) in [5.74, 6) is 0. The number of rotatable bonds is 16. The maximum Gasteiger partial charge on any atom is 0.187 e. The highest BCUT2D eigenvalue weighted by Crippen LogP contribution is 2.33. The Morgan fingerprint density at radius 1 is 0.647 bits per heavy atom. The van der Waals surface area contributed by atoms with Gasteiger partial charge in [0.25, 0.3) is 0 Å². The summed E-state index contributed by atoms with van der Waals surface area (Å²) in [7, 11) is 0. The van der Waals surface area contributed by atoms with E-state index >= 15 is 0 Å². The van der Waals surface area contributed by atoms with Crippen LogP contribution in [-0.2, 0) is 42.6 Å². The molecule has 1 N–H and O–H groups in total. The van der Waals surface area contributed by atoms with E-state index in [1.807, 2.05) is 41.5 Å². The van der Waals surface area contributed by atoms with Gasteiger partial charge in [-0.3, -0.25) is 0 Å². The van der Waals surface area contributed by atoms with Crippen LogP contribution in [0, 0.1) is 0 Å². The van der Waals surface area contributed by atoms with Gasteiger partial charge in [-0.25, -0.2) is 0 Å². The van der Waals surface area contributed by atoms with Crippen LogP contribution in [0.15, 0.2) is 0 Å². The van der Waals surface area contributed by atoms with Crippen molar-refractivity contribution in [2.45, 2.75) is 103 Å². The Bertz CT molecular complexity index is 524. The van der Waals surface area contributed by atoms with Crippen LogP contribution in [0.4, 0.5) is 0 Å². The minimum Gasteiger partial charge on any atom is -0.379 e. The van der Waals surface area contributed by atoms with Gasteiger partial charge in [0.05, 0.1) is 25.4 Å². The third-order valence-electron chi connectivity index (χ3n) is 5.81. The molecule has 0 spiro atoms.